The van der Waals surface area contributed by atoms with E-state index in [2.05, 4.69) is 127 Å². The molecule has 0 spiro atoms. The molecule has 64 heavy (non-hydrogen) atoms. The van der Waals surface area contributed by atoms with Crippen LogP contribution in [0.25, 0.3) is 11.1 Å². The van der Waals surface area contributed by atoms with Crippen LogP contribution in [0.15, 0.2) is 36.4 Å². The molecule has 354 valence electrons. The third-order valence-corrected chi connectivity index (χ3v) is 13.3. The Morgan fingerprint density at radius 2 is 0.609 bits per heavy atom. The second-order valence-electron chi connectivity index (χ2n) is 25.4. The van der Waals surface area contributed by atoms with Gasteiger partial charge in [-0.05, 0) is 149 Å². The molecular formula is C53H79N3O8. The molecule has 11 nitrogen and oxygen atoms in total. The van der Waals surface area contributed by atoms with Crippen molar-refractivity contribution in [3.05, 3.63) is 58.7 Å². The maximum atomic E-state index is 14.5. The number of piperidine rings is 3. The zero-order valence-electron chi connectivity index (χ0n) is 41.9. The molecule has 4 aliphatic rings. The summed E-state index contributed by atoms with van der Waals surface area (Å²) in [4.78, 5) is 57.4. The summed E-state index contributed by atoms with van der Waals surface area (Å²) in [5.41, 5.74) is -0.267. The Bertz CT molecular complexity index is 1910. The fourth-order valence-corrected chi connectivity index (χ4v) is 12.8. The summed E-state index contributed by atoms with van der Waals surface area (Å²) in [6.45, 7) is 33.9. The molecule has 3 saturated heterocycles. The number of ether oxygens (including phenoxy) is 4. The number of benzene rings is 2. The maximum absolute atomic E-state index is 14.5. The summed E-state index contributed by atoms with van der Waals surface area (Å²) in [6.07, 6.45) is 4.50. The highest BCUT2D eigenvalue weighted by Crippen LogP contribution is 2.47. The smallest absolute Gasteiger partial charge is 0.339 e. The van der Waals surface area contributed by atoms with Gasteiger partial charge in [0.2, 0.25) is 0 Å². The van der Waals surface area contributed by atoms with Crippen LogP contribution in [0.4, 0.5) is 0 Å². The van der Waals surface area contributed by atoms with Gasteiger partial charge in [-0.1, -0.05) is 39.8 Å². The van der Waals surface area contributed by atoms with E-state index in [1.165, 1.54) is 0 Å². The first-order valence-corrected chi connectivity index (χ1v) is 23.6. The first kappa shape index (κ1) is 49.6. The lowest BCUT2D eigenvalue weighted by molar-refractivity contribution is -0.0290. The molecule has 4 fully saturated rings. The largest absolute Gasteiger partial charge is 0.459 e. The molecule has 11 heteroatoms. The van der Waals surface area contributed by atoms with Crippen molar-refractivity contribution in [2.45, 2.75) is 226 Å². The topological polar surface area (TPSA) is 141 Å². The minimum Gasteiger partial charge on any atom is -0.459 e. The average molecular weight is 886 g/mol. The van der Waals surface area contributed by atoms with Gasteiger partial charge in [0.05, 0.1) is 22.3 Å². The number of nitrogens with one attached hydrogen (secondary N) is 3. The minimum absolute atomic E-state index is 0.0429. The van der Waals surface area contributed by atoms with Gasteiger partial charge in [0.25, 0.3) is 0 Å². The van der Waals surface area contributed by atoms with Crippen molar-refractivity contribution in [1.29, 1.82) is 0 Å². The summed E-state index contributed by atoms with van der Waals surface area (Å²) in [5, 5.41) is 10.9. The van der Waals surface area contributed by atoms with Crippen molar-refractivity contribution >= 4 is 23.9 Å². The Kier molecular flexibility index (Phi) is 13.3. The van der Waals surface area contributed by atoms with Crippen LogP contribution in [0, 0.1) is 10.8 Å². The van der Waals surface area contributed by atoms with Gasteiger partial charge < -0.3 is 34.9 Å². The molecule has 3 aliphatic heterocycles. The van der Waals surface area contributed by atoms with E-state index in [0.717, 1.165) is 6.42 Å². The Hall–Kier alpha value is -3.80. The molecule has 0 amide bonds. The van der Waals surface area contributed by atoms with Crippen molar-refractivity contribution < 1.29 is 38.1 Å². The minimum atomic E-state index is -0.631. The fraction of sp³-hybridized carbons (Fsp3) is 0.698. The predicted molar refractivity (Wildman–Crippen MR) is 252 cm³/mol. The van der Waals surface area contributed by atoms with Crippen LogP contribution in [0.2, 0.25) is 0 Å². The number of hydrogen-bond acceptors (Lipinski definition) is 11. The SMILES string of the molecule is CC1(C)CC(OC(=O)c2cc(-c3ccc(C(=O)OC4CC(C)(C)NC(C)(C)C4)c(C(=O)OC4CC(C)(C)NC(C)(C)C4)c3)ccc2C(=O)OC2CC(C)(C)NC(C)(C)C2)CC(C)(C)C1. The number of rotatable bonds is 9. The summed E-state index contributed by atoms with van der Waals surface area (Å²) >= 11 is 0. The summed E-state index contributed by atoms with van der Waals surface area (Å²) in [5.74, 6) is -2.44. The highest BCUT2D eigenvalue weighted by molar-refractivity contribution is 6.06. The molecule has 0 unspecified atom stereocenters. The van der Waals surface area contributed by atoms with Crippen LogP contribution in [-0.2, 0) is 18.9 Å². The predicted octanol–water partition coefficient (Wildman–Crippen LogP) is 10.5. The van der Waals surface area contributed by atoms with E-state index in [1.807, 2.05) is 0 Å². The van der Waals surface area contributed by atoms with E-state index < -0.39 is 30.0 Å². The van der Waals surface area contributed by atoms with E-state index in [0.29, 0.717) is 62.5 Å². The lowest BCUT2D eigenvalue weighted by Gasteiger charge is -2.46. The molecule has 1 aliphatic carbocycles. The molecule has 2 aromatic rings. The number of hydrogen-bond donors (Lipinski definition) is 3. The number of carbonyl (C=O) groups is 4. The van der Waals surface area contributed by atoms with Crippen molar-refractivity contribution in [3.8, 4) is 11.1 Å². The van der Waals surface area contributed by atoms with Crippen LogP contribution in [0.5, 0.6) is 0 Å². The van der Waals surface area contributed by atoms with Gasteiger partial charge in [0.15, 0.2) is 0 Å². The summed E-state index contributed by atoms with van der Waals surface area (Å²) in [6, 6.07) is 9.99. The lowest BCUT2D eigenvalue weighted by atomic mass is 9.64. The third kappa shape index (κ3) is 12.8. The second kappa shape index (κ2) is 17.1. The van der Waals surface area contributed by atoms with Crippen LogP contribution >= 0.6 is 0 Å². The molecule has 1 saturated carbocycles. The van der Waals surface area contributed by atoms with Crippen molar-refractivity contribution in [2.24, 2.45) is 10.8 Å². The van der Waals surface area contributed by atoms with Crippen LogP contribution in [0.1, 0.15) is 210 Å². The van der Waals surface area contributed by atoms with E-state index in [-0.39, 0.29) is 84.6 Å². The van der Waals surface area contributed by atoms with Gasteiger partial charge in [0, 0.05) is 71.8 Å². The highest BCUT2D eigenvalue weighted by atomic mass is 16.6. The zero-order valence-corrected chi connectivity index (χ0v) is 41.9. The van der Waals surface area contributed by atoms with Crippen molar-refractivity contribution in [3.63, 3.8) is 0 Å². The zero-order chi connectivity index (χ0) is 47.6. The van der Waals surface area contributed by atoms with Crippen molar-refractivity contribution in [2.75, 3.05) is 0 Å². The molecule has 0 aromatic heterocycles. The fourth-order valence-electron chi connectivity index (χ4n) is 12.8. The van der Waals surface area contributed by atoms with Gasteiger partial charge in [-0.25, -0.2) is 19.2 Å². The van der Waals surface area contributed by atoms with E-state index in [9.17, 15) is 19.2 Å². The highest BCUT2D eigenvalue weighted by Gasteiger charge is 2.44. The molecule has 2 aromatic carbocycles. The Morgan fingerprint density at radius 1 is 0.375 bits per heavy atom. The lowest BCUT2D eigenvalue weighted by Crippen LogP contribution is -2.59. The monoisotopic (exact) mass is 886 g/mol. The molecule has 3 N–H and O–H groups in total. The number of carbonyl (C=O) groups excluding carboxylic acids is 4. The van der Waals surface area contributed by atoms with Crippen LogP contribution in [0.3, 0.4) is 0 Å². The van der Waals surface area contributed by atoms with Gasteiger partial charge in [-0.15, -0.1) is 0 Å². The summed E-state index contributed by atoms with van der Waals surface area (Å²) < 4.78 is 25.0. The quantitative estimate of drug-likeness (QED) is 0.164. The molecular weight excluding hydrogens is 807 g/mol. The first-order valence-electron chi connectivity index (χ1n) is 23.6. The first-order chi connectivity index (χ1) is 29.1. The maximum Gasteiger partial charge on any atom is 0.339 e. The molecule has 0 atom stereocenters. The van der Waals surface area contributed by atoms with E-state index >= 15 is 0 Å². The van der Waals surface area contributed by atoms with Crippen molar-refractivity contribution in [1.82, 2.24) is 16.0 Å². The second-order valence-corrected chi connectivity index (χ2v) is 25.4. The standard InChI is InChI=1S/C53H79N3O8/c1-46(2)23-34(24-47(3,4)31-46)61-44(59)40-21-32(17-19-38(40)42(57)62-35-25-48(5,6)54-49(7,8)26-35)33-18-20-39(43(58)63-36-27-50(9,10)55-51(11,12)28-36)41(22-33)45(60)64-37-29-52(13,14)56-53(15,16)30-37/h17-22,34-37,54-56H,23-31H2,1-16H3. The summed E-state index contributed by atoms with van der Waals surface area (Å²) in [7, 11) is 0. The number of esters is 4. The average Bonchev–Trinajstić information content (AvgIpc) is 3.05. The van der Waals surface area contributed by atoms with Crippen LogP contribution in [-0.4, -0.2) is 81.5 Å². The van der Waals surface area contributed by atoms with E-state index in [4.69, 9.17) is 18.9 Å². The normalized spacial score (nSPS) is 24.8. The Labute approximate surface area is 383 Å². The Balaban J connectivity index is 1.38. The van der Waals surface area contributed by atoms with Gasteiger partial charge in [-0.2, -0.15) is 0 Å². The molecule has 0 bridgehead atoms. The third-order valence-electron chi connectivity index (χ3n) is 13.3. The molecule has 6 rings (SSSR count). The van der Waals surface area contributed by atoms with Gasteiger partial charge in [-0.3, -0.25) is 0 Å². The van der Waals surface area contributed by atoms with Gasteiger partial charge >= 0.3 is 23.9 Å². The molecule has 0 radical (unpaired) electrons. The van der Waals surface area contributed by atoms with Crippen LogP contribution < -0.4 is 16.0 Å². The molecule has 3 heterocycles. The van der Waals surface area contributed by atoms with E-state index in [1.54, 1.807) is 36.4 Å². The van der Waals surface area contributed by atoms with Gasteiger partial charge in [0.1, 0.15) is 24.4 Å². The Morgan fingerprint density at radius 3 is 0.875 bits per heavy atom.